The molecule has 2 aliphatic heterocycles. The first-order valence-corrected chi connectivity index (χ1v) is 34.5. The van der Waals surface area contributed by atoms with Crippen LogP contribution in [0.1, 0.15) is 150 Å². The third kappa shape index (κ3) is 10.4. The van der Waals surface area contributed by atoms with Crippen molar-refractivity contribution in [2.24, 2.45) is 51.2 Å². The number of ether oxygens (including phenoxy) is 8. The van der Waals surface area contributed by atoms with Gasteiger partial charge in [-0.15, -0.1) is 0 Å². The fraction of sp³-hybridized carbons (Fsp3) is 0.676. The summed E-state index contributed by atoms with van der Waals surface area (Å²) in [6.45, 7) is 32.7. The molecule has 19 nitrogen and oxygen atoms in total. The molecule has 2 aromatic rings. The topological polar surface area (TPSA) is 266 Å². The Bertz CT molecular complexity index is 3140. The Morgan fingerprint density at radius 1 is 0.545 bits per heavy atom. The highest BCUT2D eigenvalue weighted by atomic mass is 28.4. The van der Waals surface area contributed by atoms with Gasteiger partial charge in [-0.25, -0.2) is 9.59 Å². The average molecular weight is 1240 g/mol. The molecule has 20 unspecified atom stereocenters. The largest absolute Gasteiger partial charge is 0.461 e. The second-order valence-electron chi connectivity index (χ2n) is 29.3. The van der Waals surface area contributed by atoms with Gasteiger partial charge in [0, 0.05) is 68.1 Å². The van der Waals surface area contributed by atoms with E-state index in [9.17, 15) is 49.2 Å². The smallest absolute Gasteiger partial charge is 0.338 e. The van der Waals surface area contributed by atoms with Crippen LogP contribution in [-0.4, -0.2) is 155 Å². The summed E-state index contributed by atoms with van der Waals surface area (Å²) in [5.41, 5.74) is -7.34. The average Bonchev–Trinajstić information content (AvgIpc) is 0.683. The Labute approximate surface area is 518 Å². The molecular weight excluding hydrogens is 1150 g/mol. The summed E-state index contributed by atoms with van der Waals surface area (Å²) in [4.78, 5) is 78.9. The molecule has 4 bridgehead atoms. The van der Waals surface area contributed by atoms with E-state index in [0.717, 1.165) is 11.1 Å². The summed E-state index contributed by atoms with van der Waals surface area (Å²) >= 11 is 0. The molecule has 8 aliphatic rings. The molecule has 88 heavy (non-hydrogen) atoms. The van der Waals surface area contributed by atoms with Gasteiger partial charge in [-0.05, 0) is 99.2 Å². The van der Waals surface area contributed by atoms with Gasteiger partial charge in [0.2, 0.25) is 0 Å². The second kappa shape index (κ2) is 23.1. The van der Waals surface area contributed by atoms with E-state index in [2.05, 4.69) is 40.4 Å². The van der Waals surface area contributed by atoms with Crippen LogP contribution in [0.3, 0.4) is 0 Å². The Balaban J connectivity index is 0.000000210. The van der Waals surface area contributed by atoms with Crippen LogP contribution in [0.5, 0.6) is 0 Å². The maximum atomic E-state index is 14.1. The normalized spacial score (nSPS) is 40.9. The van der Waals surface area contributed by atoms with Crippen molar-refractivity contribution in [2.45, 2.75) is 227 Å². The highest BCUT2D eigenvalue weighted by Crippen LogP contribution is 2.69. The molecular formula is C68H94O19Si. The lowest BCUT2D eigenvalue weighted by Crippen LogP contribution is -2.81. The van der Waals surface area contributed by atoms with Crippen LogP contribution in [0.4, 0.5) is 0 Å². The summed E-state index contributed by atoms with van der Waals surface area (Å²) in [6.07, 6.45) is -7.81. The van der Waals surface area contributed by atoms with Gasteiger partial charge in [-0.1, -0.05) is 104 Å². The standard InChI is InChI=1S/C36H52O9Si.C32H42O10/c1-20-17-27-35(19-41-27,44-24(5)38)29-31(43-32(39)25-15-13-12-14-16-25)36(40)18-26(45-46(9,10)11)21(2)28(33(36,6)7)22(3)30(34(20,29)8)42-23(4)37;1-16-13-22-31(15-39-22,42-19(4)34)25-27(41-28(37)20-11-9-8-10-12-20)32(38)14-21(35)17(2)23(29(32,5)6)24(40-18(3)33)26(36)30(16,25)7/h12-16,20,22,26-27,29-31,40H,17-19H2,1-11H3;8-12,16,21-22,24-27,35-36,38H,13-15H2,1-7H3. The van der Waals surface area contributed by atoms with Crippen LogP contribution in [-0.2, 0) is 61.5 Å². The maximum absolute atomic E-state index is 14.1. The molecule has 20 atom stereocenters. The van der Waals surface area contributed by atoms with Crippen molar-refractivity contribution >= 4 is 44.1 Å². The fourth-order valence-electron chi connectivity index (χ4n) is 18.1. The van der Waals surface area contributed by atoms with Crippen molar-refractivity contribution in [2.75, 3.05) is 13.2 Å². The molecule has 6 aliphatic carbocycles. The highest BCUT2D eigenvalue weighted by molar-refractivity contribution is 6.69. The Kier molecular flexibility index (Phi) is 17.6. The molecule has 20 heteroatoms. The van der Waals surface area contributed by atoms with Crippen LogP contribution in [0, 0.1) is 51.2 Å². The van der Waals surface area contributed by atoms with Crippen LogP contribution in [0.15, 0.2) is 83.0 Å². The summed E-state index contributed by atoms with van der Waals surface area (Å²) in [5, 5.41) is 50.3. The molecule has 6 fully saturated rings. The van der Waals surface area contributed by atoms with Crippen LogP contribution >= 0.6 is 0 Å². The van der Waals surface area contributed by atoms with E-state index in [-0.39, 0.29) is 49.4 Å². The number of hydrogen-bond donors (Lipinski definition) is 4. The molecule has 0 radical (unpaired) electrons. The van der Waals surface area contributed by atoms with E-state index in [4.69, 9.17) is 42.3 Å². The number of rotatable bonds is 10. The number of carbonyl (C=O) groups is 6. The first kappa shape index (κ1) is 67.1. The van der Waals surface area contributed by atoms with Crippen molar-refractivity contribution in [3.8, 4) is 0 Å². The molecule has 2 heterocycles. The number of fused-ring (bicyclic) bond motifs is 10. The number of hydrogen-bond acceptors (Lipinski definition) is 19. The van der Waals surface area contributed by atoms with Crippen molar-refractivity contribution in [3.05, 3.63) is 94.1 Å². The third-order valence-electron chi connectivity index (χ3n) is 22.6. The van der Waals surface area contributed by atoms with Crippen LogP contribution in [0.2, 0.25) is 19.6 Å². The van der Waals surface area contributed by atoms with Gasteiger partial charge in [0.05, 0.1) is 48.4 Å². The fourth-order valence-corrected chi connectivity index (χ4v) is 19.2. The van der Waals surface area contributed by atoms with Gasteiger partial charge in [0.15, 0.2) is 25.6 Å². The van der Waals surface area contributed by atoms with Crippen molar-refractivity contribution in [3.63, 3.8) is 0 Å². The van der Waals surface area contributed by atoms with Crippen LogP contribution < -0.4 is 0 Å². The number of benzene rings is 2. The number of esters is 6. The van der Waals surface area contributed by atoms with Gasteiger partial charge in [-0.2, -0.15) is 0 Å². The first-order chi connectivity index (χ1) is 40.7. The van der Waals surface area contributed by atoms with Gasteiger partial charge in [0.1, 0.15) is 47.8 Å². The van der Waals surface area contributed by atoms with Crippen molar-refractivity contribution in [1.82, 2.24) is 0 Å². The van der Waals surface area contributed by atoms with Crippen molar-refractivity contribution in [1.29, 1.82) is 0 Å². The highest BCUT2D eigenvalue weighted by Gasteiger charge is 2.79. The van der Waals surface area contributed by atoms with E-state index in [1.165, 1.54) is 27.7 Å². The molecule has 0 amide bonds. The summed E-state index contributed by atoms with van der Waals surface area (Å²) in [5.74, 6) is -6.13. The molecule has 0 spiro atoms. The lowest BCUT2D eigenvalue weighted by molar-refractivity contribution is -0.358. The minimum atomic E-state index is -2.15. The molecule has 0 aromatic heterocycles. The third-order valence-corrected chi connectivity index (χ3v) is 23.6. The minimum absolute atomic E-state index is 0.0463. The lowest BCUT2D eigenvalue weighted by atomic mass is 9.42. The monoisotopic (exact) mass is 1240 g/mol. The maximum Gasteiger partial charge on any atom is 0.338 e. The van der Waals surface area contributed by atoms with E-state index in [0.29, 0.717) is 29.6 Å². The van der Waals surface area contributed by atoms with Gasteiger partial charge < -0.3 is 62.7 Å². The molecule has 4 saturated carbocycles. The Hall–Kier alpha value is -5.32. The van der Waals surface area contributed by atoms with E-state index < -0.39 is 155 Å². The summed E-state index contributed by atoms with van der Waals surface area (Å²) in [6, 6.07) is 17.0. The number of aliphatic hydroxyl groups excluding tert-OH is 2. The zero-order valence-corrected chi connectivity index (χ0v) is 55.5. The molecule has 2 saturated heterocycles. The first-order valence-electron chi connectivity index (χ1n) is 31.1. The quantitative estimate of drug-likeness (QED) is 0.0751. The van der Waals surface area contributed by atoms with Gasteiger partial charge in [-0.3, -0.25) is 19.2 Å². The molecule has 4 N–H and O–H groups in total. The van der Waals surface area contributed by atoms with Crippen molar-refractivity contribution < 1.29 is 91.5 Å². The predicted molar refractivity (Wildman–Crippen MR) is 323 cm³/mol. The zero-order chi connectivity index (χ0) is 65.2. The second-order valence-corrected chi connectivity index (χ2v) is 33.7. The van der Waals surface area contributed by atoms with E-state index >= 15 is 0 Å². The van der Waals surface area contributed by atoms with Gasteiger partial charge >= 0.3 is 35.8 Å². The van der Waals surface area contributed by atoms with Crippen LogP contribution in [0.25, 0.3) is 0 Å². The molecule has 2 aromatic carbocycles. The summed E-state index contributed by atoms with van der Waals surface area (Å²) < 4.78 is 56.4. The zero-order valence-electron chi connectivity index (χ0n) is 54.5. The minimum Gasteiger partial charge on any atom is -0.461 e. The number of carbonyl (C=O) groups excluding carboxylic acids is 6. The molecule has 484 valence electrons. The predicted octanol–water partition coefficient (Wildman–Crippen LogP) is 8.57. The lowest BCUT2D eigenvalue weighted by Gasteiger charge is -2.70. The van der Waals surface area contributed by atoms with Gasteiger partial charge in [0.25, 0.3) is 0 Å². The Morgan fingerprint density at radius 2 is 0.966 bits per heavy atom. The molecule has 10 rings (SSSR count). The number of aliphatic hydroxyl groups is 4. The van der Waals surface area contributed by atoms with E-state index in [1.54, 1.807) is 82.3 Å². The summed E-state index contributed by atoms with van der Waals surface area (Å²) in [7, 11) is -2.15. The Morgan fingerprint density at radius 3 is 1.38 bits per heavy atom. The van der Waals surface area contributed by atoms with E-state index in [1.807, 2.05) is 33.8 Å². The SMILES string of the molecule is CC(=O)OC1C(C)C2=C(C)C(O[Si](C)(C)C)CC(O)(C(OC(=O)c3ccccc3)C3C4(OC(C)=O)COC4CC(C)C13C)C2(C)C.CC(=O)OC1C2=C(C)C(O)CC(O)(C(OC(=O)c3ccccc3)C3C4(OC(C)=O)COC4CC(C)C3(C)C1O)C2(C)C.